The molecule has 3 rings (SSSR count). The van der Waals surface area contributed by atoms with Crippen molar-refractivity contribution in [2.24, 2.45) is 0 Å². The molecule has 4 heteroatoms. The van der Waals surface area contributed by atoms with Gasteiger partial charge in [-0.25, -0.2) is 0 Å². The minimum absolute atomic E-state index is 0.0897. The number of methoxy groups -OCH3 is 1. The maximum absolute atomic E-state index is 12.4. The molecule has 0 saturated heterocycles. The van der Waals surface area contributed by atoms with Gasteiger partial charge in [0.15, 0.2) is 5.76 Å². The van der Waals surface area contributed by atoms with Crippen LogP contribution in [0.5, 0.6) is 11.5 Å². The van der Waals surface area contributed by atoms with E-state index in [2.05, 4.69) is 15.9 Å². The number of aryl methyl sites for hydroxylation is 1. The first kappa shape index (κ1) is 13.9. The van der Waals surface area contributed by atoms with Gasteiger partial charge in [-0.2, -0.15) is 0 Å². The summed E-state index contributed by atoms with van der Waals surface area (Å²) in [5, 5.41) is 0. The third-order valence-corrected chi connectivity index (χ3v) is 3.88. The average Bonchev–Trinajstić information content (AvgIpc) is 2.78. The summed E-state index contributed by atoms with van der Waals surface area (Å²) in [5.74, 6) is 1.49. The van der Waals surface area contributed by atoms with Crippen molar-refractivity contribution in [3.05, 3.63) is 63.3 Å². The van der Waals surface area contributed by atoms with Gasteiger partial charge in [-0.15, -0.1) is 0 Å². The summed E-state index contributed by atoms with van der Waals surface area (Å²) in [5.41, 5.74) is 2.38. The van der Waals surface area contributed by atoms with Crippen LogP contribution in [0.2, 0.25) is 0 Å². The van der Waals surface area contributed by atoms with E-state index in [1.54, 1.807) is 19.3 Å². The first-order chi connectivity index (χ1) is 10.1. The van der Waals surface area contributed by atoms with Gasteiger partial charge in [0.05, 0.1) is 12.7 Å². The van der Waals surface area contributed by atoms with Gasteiger partial charge in [0.25, 0.3) is 0 Å². The predicted molar refractivity (Wildman–Crippen MR) is 84.8 cm³/mol. The first-order valence-electron chi connectivity index (χ1n) is 6.47. The molecule has 2 aromatic rings. The number of Topliss-reactive ketones (excluding diaryl/α,β-unsaturated/α-hetero) is 1. The Morgan fingerprint density at radius 1 is 1.19 bits per heavy atom. The smallest absolute Gasteiger partial charge is 0.232 e. The molecule has 1 heterocycles. The van der Waals surface area contributed by atoms with E-state index < -0.39 is 0 Å². The van der Waals surface area contributed by atoms with Crippen LogP contribution in [0.1, 0.15) is 21.5 Å². The van der Waals surface area contributed by atoms with Crippen LogP contribution in [0, 0.1) is 6.92 Å². The van der Waals surface area contributed by atoms with Crippen LogP contribution in [0.3, 0.4) is 0 Å². The van der Waals surface area contributed by atoms with Crippen LogP contribution in [-0.4, -0.2) is 12.9 Å². The maximum Gasteiger partial charge on any atom is 0.232 e. The molecule has 0 fully saturated rings. The Labute approximate surface area is 131 Å². The minimum Gasteiger partial charge on any atom is -0.497 e. The third kappa shape index (κ3) is 2.59. The van der Waals surface area contributed by atoms with Crippen LogP contribution in [-0.2, 0) is 0 Å². The van der Waals surface area contributed by atoms with Crippen LogP contribution < -0.4 is 9.47 Å². The summed E-state index contributed by atoms with van der Waals surface area (Å²) in [6.45, 7) is 1.88. The van der Waals surface area contributed by atoms with E-state index in [0.29, 0.717) is 22.8 Å². The Morgan fingerprint density at radius 3 is 2.57 bits per heavy atom. The summed E-state index contributed by atoms with van der Waals surface area (Å²) < 4.78 is 11.9. The number of carbonyl (C=O) groups is 1. The monoisotopic (exact) mass is 344 g/mol. The van der Waals surface area contributed by atoms with Crippen molar-refractivity contribution in [1.82, 2.24) is 0 Å². The van der Waals surface area contributed by atoms with Gasteiger partial charge in [-0.1, -0.05) is 28.1 Å². The van der Waals surface area contributed by atoms with Gasteiger partial charge in [0.1, 0.15) is 11.5 Å². The molecule has 21 heavy (non-hydrogen) atoms. The van der Waals surface area contributed by atoms with E-state index in [1.165, 1.54) is 0 Å². The standard InChI is InChI=1S/C17H13BrO3/c1-10-7-13(20-2)9-14-16(10)17(19)15(21-14)8-11-3-5-12(18)6-4-11/h3-9H,1-2H3/b15-8-. The second kappa shape index (κ2) is 5.37. The van der Waals surface area contributed by atoms with E-state index >= 15 is 0 Å². The minimum atomic E-state index is -0.0897. The third-order valence-electron chi connectivity index (χ3n) is 3.35. The van der Waals surface area contributed by atoms with E-state index in [0.717, 1.165) is 15.6 Å². The van der Waals surface area contributed by atoms with E-state index in [9.17, 15) is 4.79 Å². The van der Waals surface area contributed by atoms with Crippen molar-refractivity contribution >= 4 is 27.8 Å². The summed E-state index contributed by atoms with van der Waals surface area (Å²) in [7, 11) is 1.59. The van der Waals surface area contributed by atoms with Crippen LogP contribution in [0.4, 0.5) is 0 Å². The highest BCUT2D eigenvalue weighted by Crippen LogP contribution is 2.37. The van der Waals surface area contributed by atoms with Crippen LogP contribution in [0.15, 0.2) is 46.6 Å². The lowest BCUT2D eigenvalue weighted by atomic mass is 10.0. The first-order valence-corrected chi connectivity index (χ1v) is 7.26. The van der Waals surface area contributed by atoms with E-state index in [4.69, 9.17) is 9.47 Å². The normalized spacial score (nSPS) is 15.0. The molecular weight excluding hydrogens is 332 g/mol. The zero-order chi connectivity index (χ0) is 15.0. The number of ketones is 1. The van der Waals surface area contributed by atoms with Crippen molar-refractivity contribution in [3.63, 3.8) is 0 Å². The zero-order valence-corrected chi connectivity index (χ0v) is 13.2. The molecular formula is C17H13BrO3. The number of hydrogen-bond donors (Lipinski definition) is 0. The molecule has 3 nitrogen and oxygen atoms in total. The fraction of sp³-hybridized carbons (Fsp3) is 0.118. The number of hydrogen-bond acceptors (Lipinski definition) is 3. The van der Waals surface area contributed by atoms with Gasteiger partial charge >= 0.3 is 0 Å². The lowest BCUT2D eigenvalue weighted by Gasteiger charge is -2.04. The van der Waals surface area contributed by atoms with Crippen molar-refractivity contribution in [2.75, 3.05) is 7.11 Å². The quantitative estimate of drug-likeness (QED) is 0.758. The van der Waals surface area contributed by atoms with Crippen molar-refractivity contribution < 1.29 is 14.3 Å². The zero-order valence-electron chi connectivity index (χ0n) is 11.6. The Kier molecular flexibility index (Phi) is 3.55. The van der Waals surface area contributed by atoms with Gasteiger partial charge < -0.3 is 9.47 Å². The molecule has 0 N–H and O–H groups in total. The highest BCUT2D eigenvalue weighted by atomic mass is 79.9. The predicted octanol–water partition coefficient (Wildman–Crippen LogP) is 4.38. The Morgan fingerprint density at radius 2 is 1.90 bits per heavy atom. The molecule has 0 radical (unpaired) electrons. The number of halogens is 1. The molecule has 2 aromatic carbocycles. The Bertz CT molecular complexity index is 745. The Hall–Kier alpha value is -2.07. The summed E-state index contributed by atoms with van der Waals surface area (Å²) >= 11 is 3.39. The number of ether oxygens (including phenoxy) is 2. The maximum atomic E-state index is 12.4. The highest BCUT2D eigenvalue weighted by Gasteiger charge is 2.29. The number of fused-ring (bicyclic) bond motifs is 1. The molecule has 0 aromatic heterocycles. The lowest BCUT2D eigenvalue weighted by Crippen LogP contribution is -1.99. The molecule has 0 amide bonds. The SMILES string of the molecule is COc1cc(C)c2c(c1)O/C(=C\c1ccc(Br)cc1)C2=O. The van der Waals surface area contributed by atoms with Gasteiger partial charge in [-0.05, 0) is 42.3 Å². The van der Waals surface area contributed by atoms with Gasteiger partial charge in [-0.3, -0.25) is 4.79 Å². The van der Waals surface area contributed by atoms with Crippen molar-refractivity contribution in [1.29, 1.82) is 0 Å². The fourth-order valence-corrected chi connectivity index (χ4v) is 2.57. The van der Waals surface area contributed by atoms with Crippen molar-refractivity contribution in [2.45, 2.75) is 6.92 Å². The topological polar surface area (TPSA) is 35.5 Å². The number of allylic oxidation sites excluding steroid dienone is 1. The molecule has 0 atom stereocenters. The summed E-state index contributed by atoms with van der Waals surface area (Å²) in [4.78, 5) is 12.4. The molecule has 0 saturated carbocycles. The van der Waals surface area contributed by atoms with Crippen LogP contribution in [0.25, 0.3) is 6.08 Å². The molecule has 106 valence electrons. The summed E-state index contributed by atoms with van der Waals surface area (Å²) in [6.07, 6.45) is 1.75. The van der Waals surface area contributed by atoms with Gasteiger partial charge in [0, 0.05) is 10.5 Å². The van der Waals surface area contributed by atoms with E-state index in [1.807, 2.05) is 37.3 Å². The fourth-order valence-electron chi connectivity index (χ4n) is 2.31. The van der Waals surface area contributed by atoms with Gasteiger partial charge in [0.2, 0.25) is 5.78 Å². The number of rotatable bonds is 2. The average molecular weight is 345 g/mol. The molecule has 0 aliphatic carbocycles. The molecule has 1 aliphatic heterocycles. The molecule has 0 unspecified atom stereocenters. The second-order valence-corrected chi connectivity index (χ2v) is 5.72. The largest absolute Gasteiger partial charge is 0.497 e. The molecule has 1 aliphatic rings. The number of carbonyl (C=O) groups excluding carboxylic acids is 1. The number of benzene rings is 2. The van der Waals surface area contributed by atoms with Crippen molar-refractivity contribution in [3.8, 4) is 11.5 Å². The Balaban J connectivity index is 2.00. The highest BCUT2D eigenvalue weighted by molar-refractivity contribution is 9.10. The molecule has 0 bridgehead atoms. The van der Waals surface area contributed by atoms with E-state index in [-0.39, 0.29) is 5.78 Å². The van der Waals surface area contributed by atoms with Crippen LogP contribution >= 0.6 is 15.9 Å². The molecule has 0 spiro atoms. The lowest BCUT2D eigenvalue weighted by molar-refractivity contribution is 0.101. The second-order valence-electron chi connectivity index (χ2n) is 4.81. The summed E-state index contributed by atoms with van der Waals surface area (Å²) in [6, 6.07) is 11.3.